The van der Waals surface area contributed by atoms with Crippen LogP contribution < -0.4 is 10.2 Å². The molecule has 1 amide bonds. The number of hydrogen-bond donors (Lipinski definition) is 2. The molecule has 0 unspecified atom stereocenters. The van der Waals surface area contributed by atoms with Crippen LogP contribution in [-0.2, 0) is 4.74 Å². The van der Waals surface area contributed by atoms with Crippen molar-refractivity contribution in [3.63, 3.8) is 0 Å². The summed E-state index contributed by atoms with van der Waals surface area (Å²) in [5.74, 6) is -0.601. The third-order valence-electron chi connectivity index (χ3n) is 2.13. The Morgan fingerprint density at radius 2 is 2.30 bits per heavy atom. The molecule has 0 radical (unpaired) electrons. The van der Waals surface area contributed by atoms with Crippen molar-refractivity contribution in [3.8, 4) is 11.5 Å². The van der Waals surface area contributed by atoms with E-state index in [0.717, 1.165) is 12.3 Å². The highest BCUT2D eigenvalue weighted by atomic mass is 16.6. The van der Waals surface area contributed by atoms with E-state index in [1.54, 1.807) is 6.92 Å². The van der Waals surface area contributed by atoms with E-state index in [4.69, 9.17) is 4.74 Å². The number of amides is 1. The SMILES string of the molecule is CCOc1cc(/C=N/NC(=O)OC)cc([N+](=O)[O-])c1O. The van der Waals surface area contributed by atoms with Crippen LogP contribution in [0.25, 0.3) is 0 Å². The van der Waals surface area contributed by atoms with Crippen molar-refractivity contribution >= 4 is 18.0 Å². The second-order valence-electron chi connectivity index (χ2n) is 3.44. The molecule has 0 aliphatic heterocycles. The molecule has 20 heavy (non-hydrogen) atoms. The average Bonchev–Trinajstić information content (AvgIpc) is 2.41. The van der Waals surface area contributed by atoms with Crippen LogP contribution in [0, 0.1) is 10.1 Å². The van der Waals surface area contributed by atoms with E-state index in [-0.39, 0.29) is 17.9 Å². The normalized spacial score (nSPS) is 10.3. The van der Waals surface area contributed by atoms with Crippen LogP contribution >= 0.6 is 0 Å². The predicted molar refractivity (Wildman–Crippen MR) is 69.1 cm³/mol. The zero-order valence-electron chi connectivity index (χ0n) is 10.8. The Morgan fingerprint density at radius 1 is 1.60 bits per heavy atom. The summed E-state index contributed by atoms with van der Waals surface area (Å²) in [6.45, 7) is 1.90. The van der Waals surface area contributed by atoms with Gasteiger partial charge in [-0.05, 0) is 13.0 Å². The smallest absolute Gasteiger partial charge is 0.427 e. The number of methoxy groups -OCH3 is 1. The fourth-order valence-corrected chi connectivity index (χ4v) is 1.30. The van der Waals surface area contributed by atoms with Crippen molar-refractivity contribution in [1.29, 1.82) is 0 Å². The van der Waals surface area contributed by atoms with Gasteiger partial charge >= 0.3 is 11.8 Å². The largest absolute Gasteiger partial charge is 0.500 e. The summed E-state index contributed by atoms with van der Waals surface area (Å²) in [6.07, 6.45) is 0.380. The lowest BCUT2D eigenvalue weighted by Gasteiger charge is -2.07. The molecule has 0 aliphatic rings. The van der Waals surface area contributed by atoms with Gasteiger partial charge in [-0.2, -0.15) is 5.10 Å². The topological polar surface area (TPSA) is 123 Å². The standard InChI is InChI=1S/C11H13N3O6/c1-3-20-9-5-7(6-12-13-11(16)19-2)4-8(10(9)15)14(17)18/h4-6,15H,3H2,1-2H3,(H,13,16)/b12-6+. The Morgan fingerprint density at radius 3 is 2.85 bits per heavy atom. The first-order chi connectivity index (χ1) is 9.49. The summed E-state index contributed by atoms with van der Waals surface area (Å²) in [6, 6.07) is 2.45. The molecule has 0 aliphatic carbocycles. The Bertz CT molecular complexity index is 543. The highest BCUT2D eigenvalue weighted by Gasteiger charge is 2.19. The van der Waals surface area contributed by atoms with E-state index in [1.807, 2.05) is 5.43 Å². The molecule has 0 aromatic heterocycles. The molecule has 0 spiro atoms. The zero-order chi connectivity index (χ0) is 15.1. The molecule has 9 nitrogen and oxygen atoms in total. The Balaban J connectivity index is 3.07. The number of aromatic hydroxyl groups is 1. The summed E-state index contributed by atoms with van der Waals surface area (Å²) in [5.41, 5.74) is 1.79. The second kappa shape index (κ2) is 6.92. The van der Waals surface area contributed by atoms with Crippen LogP contribution in [0.15, 0.2) is 17.2 Å². The van der Waals surface area contributed by atoms with Crippen molar-refractivity contribution in [2.75, 3.05) is 13.7 Å². The average molecular weight is 283 g/mol. The number of nitro groups is 1. The maximum Gasteiger partial charge on any atom is 0.427 e. The van der Waals surface area contributed by atoms with Gasteiger partial charge in [-0.1, -0.05) is 0 Å². The Labute approximate surface area is 114 Å². The number of nitrogens with zero attached hydrogens (tertiary/aromatic N) is 2. The lowest BCUT2D eigenvalue weighted by atomic mass is 10.2. The van der Waals surface area contributed by atoms with Gasteiger partial charge in [-0.25, -0.2) is 10.2 Å². The van der Waals surface area contributed by atoms with E-state index < -0.39 is 22.5 Å². The molecular weight excluding hydrogens is 270 g/mol. The molecule has 0 saturated carbocycles. The molecule has 9 heteroatoms. The molecule has 0 fully saturated rings. The molecule has 0 heterocycles. The molecule has 0 saturated heterocycles. The van der Waals surface area contributed by atoms with E-state index in [1.165, 1.54) is 13.2 Å². The van der Waals surface area contributed by atoms with Crippen LogP contribution in [0.3, 0.4) is 0 Å². The number of phenolic OH excluding ortho intramolecular Hbond substituents is 1. The van der Waals surface area contributed by atoms with Gasteiger partial charge in [-0.15, -0.1) is 0 Å². The number of carbonyl (C=O) groups is 1. The molecular formula is C11H13N3O6. The van der Waals surface area contributed by atoms with Gasteiger partial charge in [0.25, 0.3) is 0 Å². The molecule has 1 aromatic carbocycles. The van der Waals surface area contributed by atoms with Crippen molar-refractivity contribution in [2.24, 2.45) is 5.10 Å². The highest BCUT2D eigenvalue weighted by Crippen LogP contribution is 2.36. The lowest BCUT2D eigenvalue weighted by Crippen LogP contribution is -2.16. The monoisotopic (exact) mass is 283 g/mol. The quantitative estimate of drug-likeness (QED) is 0.478. The van der Waals surface area contributed by atoms with Gasteiger partial charge in [0.1, 0.15) is 0 Å². The van der Waals surface area contributed by atoms with Crippen molar-refractivity contribution < 1.29 is 24.3 Å². The Hall–Kier alpha value is -2.84. The third-order valence-corrected chi connectivity index (χ3v) is 2.13. The van der Waals surface area contributed by atoms with E-state index in [9.17, 15) is 20.0 Å². The number of ether oxygens (including phenoxy) is 2. The fourth-order valence-electron chi connectivity index (χ4n) is 1.30. The zero-order valence-corrected chi connectivity index (χ0v) is 10.8. The first kappa shape index (κ1) is 15.2. The molecule has 1 aromatic rings. The van der Waals surface area contributed by atoms with Crippen molar-refractivity contribution in [1.82, 2.24) is 5.43 Å². The molecule has 0 bridgehead atoms. The number of phenols is 1. The minimum atomic E-state index is -0.778. The fraction of sp³-hybridized carbons (Fsp3) is 0.273. The highest BCUT2D eigenvalue weighted by molar-refractivity contribution is 5.84. The molecule has 108 valence electrons. The van der Waals surface area contributed by atoms with E-state index in [2.05, 4.69) is 9.84 Å². The number of nitrogens with one attached hydrogen (secondary N) is 1. The van der Waals surface area contributed by atoms with Crippen molar-refractivity contribution in [3.05, 3.63) is 27.8 Å². The van der Waals surface area contributed by atoms with Crippen LogP contribution in [0.2, 0.25) is 0 Å². The molecule has 1 rings (SSSR count). The molecule has 2 N–H and O–H groups in total. The molecule has 0 atom stereocenters. The number of rotatable bonds is 5. The van der Waals surface area contributed by atoms with E-state index >= 15 is 0 Å². The predicted octanol–water partition coefficient (Wildman–Crippen LogP) is 1.39. The maximum atomic E-state index is 10.8. The van der Waals surface area contributed by atoms with Crippen LogP contribution in [0.4, 0.5) is 10.5 Å². The summed E-state index contributed by atoms with van der Waals surface area (Å²) in [7, 11) is 1.17. The number of hydrogen-bond acceptors (Lipinski definition) is 7. The van der Waals surface area contributed by atoms with Crippen LogP contribution in [0.5, 0.6) is 11.5 Å². The van der Waals surface area contributed by atoms with Crippen molar-refractivity contribution in [2.45, 2.75) is 6.92 Å². The number of carbonyl (C=O) groups excluding carboxylic acids is 1. The Kier molecular flexibility index (Phi) is 5.27. The summed E-state index contributed by atoms with van der Waals surface area (Å²) in [5, 5.41) is 24.0. The minimum absolute atomic E-state index is 0.0405. The van der Waals surface area contributed by atoms with Gasteiger partial charge in [0.05, 0.1) is 24.9 Å². The summed E-state index contributed by atoms with van der Waals surface area (Å²) < 4.78 is 9.38. The van der Waals surface area contributed by atoms with Crippen LogP contribution in [0.1, 0.15) is 12.5 Å². The lowest BCUT2D eigenvalue weighted by molar-refractivity contribution is -0.386. The number of nitro benzene ring substituents is 1. The van der Waals surface area contributed by atoms with E-state index in [0.29, 0.717) is 0 Å². The number of hydrazone groups is 1. The van der Waals surface area contributed by atoms with Crippen LogP contribution in [-0.4, -0.2) is 36.1 Å². The maximum absolute atomic E-state index is 10.8. The van der Waals surface area contributed by atoms with Gasteiger partial charge in [0.2, 0.25) is 5.75 Å². The second-order valence-corrected chi connectivity index (χ2v) is 3.44. The first-order valence-corrected chi connectivity index (χ1v) is 5.50. The minimum Gasteiger partial charge on any atom is -0.500 e. The third kappa shape index (κ3) is 3.83. The van der Waals surface area contributed by atoms with Gasteiger partial charge in [0.15, 0.2) is 5.75 Å². The first-order valence-electron chi connectivity index (χ1n) is 5.50. The summed E-state index contributed by atoms with van der Waals surface area (Å²) in [4.78, 5) is 20.8. The van der Waals surface area contributed by atoms with Gasteiger partial charge < -0.3 is 14.6 Å². The summed E-state index contributed by atoms with van der Waals surface area (Å²) >= 11 is 0. The van der Waals surface area contributed by atoms with Gasteiger partial charge in [-0.3, -0.25) is 10.1 Å². The van der Waals surface area contributed by atoms with Gasteiger partial charge in [0, 0.05) is 11.6 Å². The number of benzene rings is 1.